The van der Waals surface area contributed by atoms with Gasteiger partial charge >= 0.3 is 5.97 Å². The number of imidazole rings is 1. The van der Waals surface area contributed by atoms with Crippen LogP contribution < -0.4 is 10.5 Å². The Morgan fingerprint density at radius 3 is 2.70 bits per heavy atom. The van der Waals surface area contributed by atoms with E-state index in [4.69, 9.17) is 0 Å². The van der Waals surface area contributed by atoms with Crippen LogP contribution in [0.4, 0.5) is 5.82 Å². The van der Waals surface area contributed by atoms with E-state index in [2.05, 4.69) is 30.7 Å². The van der Waals surface area contributed by atoms with Gasteiger partial charge in [0.05, 0.1) is 25.1 Å². The first-order chi connectivity index (χ1) is 14.5. The van der Waals surface area contributed by atoms with E-state index in [1.807, 2.05) is 28.4 Å². The first-order valence-electron chi connectivity index (χ1n) is 9.92. The standard InChI is InChI=1S/C21H22N6O3/c1-25-6-5-22-19(25)15-3-4-17-14-7-13(11-27(17)20(15)28)10-26(12-14)18-9-23-16(8-24-18)21(29)30-2/h3-6,8-9,13-14H,7,10-12H2,1-2H3/t13-,14+/m0/s1. The van der Waals surface area contributed by atoms with Crippen molar-refractivity contribution in [3.63, 3.8) is 0 Å². The molecular formula is C21H22N6O3. The molecule has 0 saturated carbocycles. The third-order valence-electron chi connectivity index (χ3n) is 6.02. The van der Waals surface area contributed by atoms with Crippen LogP contribution in [0.5, 0.6) is 0 Å². The minimum absolute atomic E-state index is 0.0205. The Labute approximate surface area is 173 Å². The Bertz CT molecular complexity index is 1170. The number of aryl methyl sites for hydroxylation is 1. The van der Waals surface area contributed by atoms with E-state index >= 15 is 0 Å². The zero-order valence-corrected chi connectivity index (χ0v) is 16.9. The molecular weight excluding hydrogens is 384 g/mol. The molecule has 2 bridgehead atoms. The van der Waals surface area contributed by atoms with Gasteiger partial charge < -0.3 is 18.8 Å². The lowest BCUT2D eigenvalue weighted by Crippen LogP contribution is -2.47. The zero-order valence-electron chi connectivity index (χ0n) is 16.9. The Morgan fingerprint density at radius 2 is 2.00 bits per heavy atom. The van der Waals surface area contributed by atoms with E-state index in [-0.39, 0.29) is 17.2 Å². The van der Waals surface area contributed by atoms with Crippen molar-refractivity contribution in [3.05, 3.63) is 58.7 Å². The Morgan fingerprint density at radius 1 is 1.13 bits per heavy atom. The molecule has 3 aromatic rings. The molecule has 1 saturated heterocycles. The van der Waals surface area contributed by atoms with E-state index in [0.717, 1.165) is 31.0 Å². The summed E-state index contributed by atoms with van der Waals surface area (Å²) in [5.41, 5.74) is 1.90. The van der Waals surface area contributed by atoms with Crippen molar-refractivity contribution >= 4 is 11.8 Å². The highest BCUT2D eigenvalue weighted by Gasteiger charge is 2.35. The summed E-state index contributed by atoms with van der Waals surface area (Å²) in [4.78, 5) is 39.9. The largest absolute Gasteiger partial charge is 0.464 e. The fourth-order valence-electron chi connectivity index (χ4n) is 4.62. The molecule has 0 aliphatic carbocycles. The van der Waals surface area contributed by atoms with Gasteiger partial charge in [0.25, 0.3) is 5.56 Å². The second-order valence-corrected chi connectivity index (χ2v) is 7.90. The molecule has 0 N–H and O–H groups in total. The van der Waals surface area contributed by atoms with Gasteiger partial charge in [-0.2, -0.15) is 0 Å². The number of ether oxygens (including phenoxy) is 1. The number of esters is 1. The average molecular weight is 406 g/mol. The molecule has 1 fully saturated rings. The summed E-state index contributed by atoms with van der Waals surface area (Å²) in [5, 5.41) is 0. The number of hydrogen-bond donors (Lipinski definition) is 0. The molecule has 5 rings (SSSR count). The zero-order chi connectivity index (χ0) is 20.8. The Kier molecular flexibility index (Phi) is 4.38. The number of pyridine rings is 1. The van der Waals surface area contributed by atoms with Gasteiger partial charge in [-0.15, -0.1) is 0 Å². The molecule has 2 aliphatic heterocycles. The van der Waals surface area contributed by atoms with Gasteiger partial charge in [0.1, 0.15) is 11.6 Å². The van der Waals surface area contributed by atoms with Gasteiger partial charge in [-0.05, 0) is 24.5 Å². The number of nitrogens with zero attached hydrogens (tertiary/aromatic N) is 6. The maximum absolute atomic E-state index is 13.2. The summed E-state index contributed by atoms with van der Waals surface area (Å²) in [6.07, 6.45) is 7.66. The monoisotopic (exact) mass is 406 g/mol. The smallest absolute Gasteiger partial charge is 0.358 e. The van der Waals surface area contributed by atoms with Crippen molar-refractivity contribution < 1.29 is 9.53 Å². The molecule has 0 spiro atoms. The summed E-state index contributed by atoms with van der Waals surface area (Å²) in [7, 11) is 3.22. The number of hydrogen-bond acceptors (Lipinski definition) is 7. The molecule has 0 radical (unpaired) electrons. The van der Waals surface area contributed by atoms with E-state index in [1.54, 1.807) is 12.4 Å². The molecule has 0 aromatic carbocycles. The Hall–Kier alpha value is -3.49. The van der Waals surface area contributed by atoms with Gasteiger partial charge in [0, 0.05) is 50.7 Å². The fraction of sp³-hybridized carbons (Fsp3) is 0.381. The number of rotatable bonds is 3. The van der Waals surface area contributed by atoms with E-state index in [0.29, 0.717) is 23.9 Å². The third-order valence-corrected chi connectivity index (χ3v) is 6.02. The molecule has 2 atom stereocenters. The second-order valence-electron chi connectivity index (χ2n) is 7.90. The van der Waals surface area contributed by atoms with Crippen LogP contribution in [0.15, 0.2) is 41.7 Å². The molecule has 9 heteroatoms. The third kappa shape index (κ3) is 2.97. The van der Waals surface area contributed by atoms with E-state index in [1.165, 1.54) is 13.3 Å². The van der Waals surface area contributed by atoms with Gasteiger partial charge in [-0.1, -0.05) is 0 Å². The summed E-state index contributed by atoms with van der Waals surface area (Å²) >= 11 is 0. The predicted molar refractivity (Wildman–Crippen MR) is 109 cm³/mol. The molecule has 0 amide bonds. The topological polar surface area (TPSA) is 95.1 Å². The predicted octanol–water partition coefficient (Wildman–Crippen LogP) is 1.45. The molecule has 3 aromatic heterocycles. The Balaban J connectivity index is 1.44. The lowest BCUT2D eigenvalue weighted by molar-refractivity contribution is 0.0593. The van der Waals surface area contributed by atoms with Crippen molar-refractivity contribution in [1.29, 1.82) is 0 Å². The SMILES string of the molecule is COC(=O)c1cnc(N2C[C@@H]3C[C@H](C2)c2ccc(-c4nccn4C)c(=O)n2C3)cn1. The van der Waals surface area contributed by atoms with Crippen molar-refractivity contribution in [1.82, 2.24) is 24.1 Å². The molecule has 9 nitrogen and oxygen atoms in total. The first kappa shape index (κ1) is 18.5. The van der Waals surface area contributed by atoms with Crippen LogP contribution >= 0.6 is 0 Å². The highest BCUT2D eigenvalue weighted by atomic mass is 16.5. The number of piperidine rings is 1. The van der Waals surface area contributed by atoms with Gasteiger partial charge in [0.15, 0.2) is 5.69 Å². The molecule has 0 unspecified atom stereocenters. The number of aromatic nitrogens is 5. The minimum Gasteiger partial charge on any atom is -0.464 e. The molecule has 154 valence electrons. The van der Waals surface area contributed by atoms with Crippen molar-refractivity contribution in [3.8, 4) is 11.4 Å². The second kappa shape index (κ2) is 7.08. The van der Waals surface area contributed by atoms with Crippen LogP contribution in [0, 0.1) is 5.92 Å². The van der Waals surface area contributed by atoms with Crippen molar-refractivity contribution in [2.45, 2.75) is 18.9 Å². The number of fused-ring (bicyclic) bond motifs is 4. The van der Waals surface area contributed by atoms with Gasteiger partial charge in [0.2, 0.25) is 0 Å². The van der Waals surface area contributed by atoms with Crippen LogP contribution in [0.25, 0.3) is 11.4 Å². The maximum atomic E-state index is 13.2. The molecule has 30 heavy (non-hydrogen) atoms. The lowest BCUT2D eigenvalue weighted by Gasteiger charge is -2.43. The van der Waals surface area contributed by atoms with Crippen molar-refractivity contribution in [2.75, 3.05) is 25.1 Å². The van der Waals surface area contributed by atoms with E-state index < -0.39 is 5.97 Å². The molecule has 5 heterocycles. The molecule has 2 aliphatic rings. The minimum atomic E-state index is -0.499. The van der Waals surface area contributed by atoms with Crippen LogP contribution in [0.2, 0.25) is 0 Å². The number of carbonyl (C=O) groups is 1. The first-order valence-corrected chi connectivity index (χ1v) is 9.92. The van der Waals surface area contributed by atoms with Crippen LogP contribution in [-0.4, -0.2) is 50.3 Å². The summed E-state index contributed by atoms with van der Waals surface area (Å²) in [5.74, 6) is 1.50. The fourth-order valence-corrected chi connectivity index (χ4v) is 4.62. The van der Waals surface area contributed by atoms with Gasteiger partial charge in [-0.25, -0.2) is 19.7 Å². The lowest BCUT2D eigenvalue weighted by atomic mass is 9.83. The van der Waals surface area contributed by atoms with Crippen molar-refractivity contribution in [2.24, 2.45) is 13.0 Å². The van der Waals surface area contributed by atoms with E-state index in [9.17, 15) is 9.59 Å². The quantitative estimate of drug-likeness (QED) is 0.608. The highest BCUT2D eigenvalue weighted by Crippen LogP contribution is 2.36. The maximum Gasteiger partial charge on any atom is 0.358 e. The van der Waals surface area contributed by atoms with Crippen LogP contribution in [0.1, 0.15) is 28.5 Å². The van der Waals surface area contributed by atoms with Crippen LogP contribution in [-0.2, 0) is 18.3 Å². The summed E-state index contributed by atoms with van der Waals surface area (Å²) in [6, 6.07) is 3.95. The number of carbonyl (C=O) groups excluding carboxylic acids is 1. The highest BCUT2D eigenvalue weighted by molar-refractivity contribution is 5.86. The number of anilines is 1. The summed E-state index contributed by atoms with van der Waals surface area (Å²) in [6.45, 7) is 2.22. The average Bonchev–Trinajstić information content (AvgIpc) is 3.19. The van der Waals surface area contributed by atoms with Gasteiger partial charge in [-0.3, -0.25) is 4.79 Å². The van der Waals surface area contributed by atoms with Crippen LogP contribution in [0.3, 0.4) is 0 Å². The summed E-state index contributed by atoms with van der Waals surface area (Å²) < 4.78 is 8.47. The number of methoxy groups -OCH3 is 1. The normalized spacial score (nSPS) is 20.0.